The van der Waals surface area contributed by atoms with Gasteiger partial charge in [-0.15, -0.1) is 0 Å². The topological polar surface area (TPSA) is 41.1 Å². The molecule has 2 amide bonds. The van der Waals surface area contributed by atoms with Crippen molar-refractivity contribution in [2.75, 3.05) is 10.6 Å². The summed E-state index contributed by atoms with van der Waals surface area (Å²) >= 11 is 0. The Bertz CT molecular complexity index is 646. The highest BCUT2D eigenvalue weighted by atomic mass is 19.2. The van der Waals surface area contributed by atoms with E-state index in [1.807, 2.05) is 0 Å². The van der Waals surface area contributed by atoms with Gasteiger partial charge in [0.2, 0.25) is 0 Å². The van der Waals surface area contributed by atoms with Crippen LogP contribution in [0.1, 0.15) is 0 Å². The van der Waals surface area contributed by atoms with Gasteiger partial charge in [0.1, 0.15) is 11.6 Å². The number of amides is 2. The standard InChI is InChI=1S/C13H9BF4N2O/c15-8-5-9(16)7-10(6-8)19-13(21)20-12-4-2-1-3-11(12)14(17)18/h1-7H,(H2,19,20,21). The number of urea groups is 1. The van der Waals surface area contributed by atoms with Crippen LogP contribution >= 0.6 is 0 Å². The van der Waals surface area contributed by atoms with Crippen LogP contribution in [0.3, 0.4) is 0 Å². The van der Waals surface area contributed by atoms with Gasteiger partial charge in [-0.1, -0.05) is 18.2 Å². The van der Waals surface area contributed by atoms with Crippen molar-refractivity contribution in [3.8, 4) is 0 Å². The minimum absolute atomic E-state index is 0.0816. The van der Waals surface area contributed by atoms with Gasteiger partial charge in [-0.2, -0.15) is 0 Å². The molecule has 0 bridgehead atoms. The summed E-state index contributed by atoms with van der Waals surface area (Å²) in [7, 11) is -2.76. The van der Waals surface area contributed by atoms with Gasteiger partial charge in [-0.05, 0) is 18.2 Å². The first-order chi connectivity index (χ1) is 9.95. The summed E-state index contributed by atoms with van der Waals surface area (Å²) < 4.78 is 51.4. The third kappa shape index (κ3) is 3.98. The smallest absolute Gasteiger partial charge is 0.308 e. The predicted molar refractivity (Wildman–Crippen MR) is 73.0 cm³/mol. The van der Waals surface area contributed by atoms with Crippen molar-refractivity contribution in [3.05, 3.63) is 54.1 Å². The van der Waals surface area contributed by atoms with Gasteiger partial charge in [0.25, 0.3) is 0 Å². The van der Waals surface area contributed by atoms with Crippen LogP contribution in [0.5, 0.6) is 0 Å². The summed E-state index contributed by atoms with van der Waals surface area (Å²) in [6, 6.07) is 6.93. The fourth-order valence-electron chi connectivity index (χ4n) is 1.71. The van der Waals surface area contributed by atoms with Gasteiger partial charge in [-0.25, -0.2) is 13.6 Å². The summed E-state index contributed by atoms with van der Waals surface area (Å²) in [6.07, 6.45) is 0. The van der Waals surface area contributed by atoms with E-state index in [0.29, 0.717) is 6.07 Å². The third-order valence-electron chi connectivity index (χ3n) is 2.56. The maximum Gasteiger partial charge on any atom is 0.574 e. The number of benzene rings is 2. The van der Waals surface area contributed by atoms with E-state index in [1.165, 1.54) is 24.3 Å². The lowest BCUT2D eigenvalue weighted by Crippen LogP contribution is -2.29. The van der Waals surface area contributed by atoms with E-state index < -0.39 is 24.9 Å². The van der Waals surface area contributed by atoms with Crippen LogP contribution in [0.2, 0.25) is 0 Å². The average molecular weight is 296 g/mol. The van der Waals surface area contributed by atoms with E-state index in [9.17, 15) is 22.2 Å². The summed E-state index contributed by atoms with van der Waals surface area (Å²) in [5.74, 6) is -1.73. The number of para-hydroxylation sites is 1. The number of carbonyl (C=O) groups is 1. The first-order valence-electron chi connectivity index (χ1n) is 5.87. The second-order valence-electron chi connectivity index (χ2n) is 4.13. The minimum Gasteiger partial charge on any atom is -0.308 e. The van der Waals surface area contributed by atoms with E-state index in [4.69, 9.17) is 0 Å². The summed E-state index contributed by atoms with van der Waals surface area (Å²) in [4.78, 5) is 11.7. The monoisotopic (exact) mass is 296 g/mol. The number of hydrogen-bond acceptors (Lipinski definition) is 1. The lowest BCUT2D eigenvalue weighted by atomic mass is 9.84. The zero-order chi connectivity index (χ0) is 15.4. The van der Waals surface area contributed by atoms with Crippen LogP contribution < -0.4 is 16.1 Å². The molecule has 0 saturated carbocycles. The lowest BCUT2D eigenvalue weighted by Gasteiger charge is -2.10. The van der Waals surface area contributed by atoms with E-state index in [0.717, 1.165) is 12.1 Å². The lowest BCUT2D eigenvalue weighted by molar-refractivity contribution is 0.262. The molecule has 21 heavy (non-hydrogen) atoms. The highest BCUT2D eigenvalue weighted by Crippen LogP contribution is 2.13. The Morgan fingerprint density at radius 1 is 0.952 bits per heavy atom. The van der Waals surface area contributed by atoms with Gasteiger partial charge >= 0.3 is 13.3 Å². The Morgan fingerprint density at radius 3 is 2.19 bits per heavy atom. The van der Waals surface area contributed by atoms with Crippen molar-refractivity contribution >= 4 is 30.1 Å². The average Bonchev–Trinajstić information content (AvgIpc) is 2.37. The molecule has 2 N–H and O–H groups in total. The minimum atomic E-state index is -2.76. The third-order valence-corrected chi connectivity index (χ3v) is 2.56. The quantitative estimate of drug-likeness (QED) is 0.662. The molecule has 0 radical (unpaired) electrons. The van der Waals surface area contributed by atoms with Crippen molar-refractivity contribution in [3.63, 3.8) is 0 Å². The molecule has 0 aliphatic heterocycles. The van der Waals surface area contributed by atoms with E-state index in [1.54, 1.807) is 0 Å². The Morgan fingerprint density at radius 2 is 1.57 bits per heavy atom. The molecule has 0 saturated heterocycles. The van der Waals surface area contributed by atoms with Gasteiger partial charge in [-0.3, -0.25) is 8.63 Å². The highest BCUT2D eigenvalue weighted by Gasteiger charge is 2.20. The van der Waals surface area contributed by atoms with Gasteiger partial charge in [0.15, 0.2) is 0 Å². The molecule has 0 aromatic heterocycles. The molecule has 0 spiro atoms. The molecule has 0 heterocycles. The molecule has 0 atom stereocenters. The zero-order valence-corrected chi connectivity index (χ0v) is 10.5. The van der Waals surface area contributed by atoms with Crippen LogP contribution in [0, 0.1) is 11.6 Å². The number of nitrogens with one attached hydrogen (secondary N) is 2. The fourth-order valence-corrected chi connectivity index (χ4v) is 1.71. The number of hydrogen-bond donors (Lipinski definition) is 2. The highest BCUT2D eigenvalue weighted by molar-refractivity contribution is 6.62. The maximum atomic E-state index is 13.0. The van der Waals surface area contributed by atoms with Gasteiger partial charge < -0.3 is 10.6 Å². The normalized spacial score (nSPS) is 10.1. The van der Waals surface area contributed by atoms with Crippen LogP contribution in [0.25, 0.3) is 0 Å². The number of halogens is 4. The summed E-state index contributed by atoms with van der Waals surface area (Å²) in [5.41, 5.74) is -0.556. The van der Waals surface area contributed by atoms with E-state index in [2.05, 4.69) is 10.6 Å². The number of anilines is 2. The van der Waals surface area contributed by atoms with Crippen molar-refractivity contribution in [1.29, 1.82) is 0 Å². The second-order valence-corrected chi connectivity index (χ2v) is 4.13. The van der Waals surface area contributed by atoms with E-state index in [-0.39, 0.29) is 16.8 Å². The largest absolute Gasteiger partial charge is 0.574 e. The Balaban J connectivity index is 2.12. The van der Waals surface area contributed by atoms with Crippen LogP contribution in [-0.4, -0.2) is 13.3 Å². The predicted octanol–water partition coefficient (Wildman–Crippen LogP) is 3.24. The first kappa shape index (κ1) is 14.9. The number of rotatable bonds is 3. The number of carbonyl (C=O) groups excluding carboxylic acids is 1. The zero-order valence-electron chi connectivity index (χ0n) is 10.5. The molecule has 3 nitrogen and oxygen atoms in total. The summed E-state index contributed by atoms with van der Waals surface area (Å²) in [6.45, 7) is 0. The SMILES string of the molecule is O=C(Nc1cc(F)cc(F)c1)Nc1ccccc1B(F)F. The molecular weight excluding hydrogens is 287 g/mol. The van der Waals surface area contributed by atoms with Gasteiger partial charge in [0.05, 0.1) is 0 Å². The van der Waals surface area contributed by atoms with Crippen LogP contribution in [0.4, 0.5) is 33.6 Å². The molecule has 0 unspecified atom stereocenters. The molecule has 8 heteroatoms. The van der Waals surface area contributed by atoms with Gasteiger partial charge in [0, 0.05) is 22.9 Å². The molecule has 0 aliphatic carbocycles. The van der Waals surface area contributed by atoms with Crippen molar-refractivity contribution < 1.29 is 22.2 Å². The Hall–Kier alpha value is -2.51. The Labute approximate surface area is 118 Å². The molecule has 0 aliphatic rings. The molecule has 0 fully saturated rings. The van der Waals surface area contributed by atoms with Crippen molar-refractivity contribution in [2.45, 2.75) is 0 Å². The van der Waals surface area contributed by atoms with E-state index >= 15 is 0 Å². The maximum absolute atomic E-state index is 13.0. The van der Waals surface area contributed by atoms with Crippen molar-refractivity contribution in [2.24, 2.45) is 0 Å². The molecular formula is C13H9BF4N2O. The first-order valence-corrected chi connectivity index (χ1v) is 5.87. The molecule has 108 valence electrons. The Kier molecular flexibility index (Phi) is 4.47. The molecule has 2 aromatic carbocycles. The van der Waals surface area contributed by atoms with Crippen LogP contribution in [0.15, 0.2) is 42.5 Å². The van der Waals surface area contributed by atoms with Crippen LogP contribution in [-0.2, 0) is 0 Å². The fraction of sp³-hybridized carbons (Fsp3) is 0. The molecule has 2 aromatic rings. The second kappa shape index (κ2) is 6.30. The molecule has 2 rings (SSSR count). The van der Waals surface area contributed by atoms with Crippen molar-refractivity contribution in [1.82, 2.24) is 0 Å². The summed E-state index contributed by atoms with van der Waals surface area (Å²) in [5, 5.41) is 4.37.